The fourth-order valence-electron chi connectivity index (χ4n) is 1.85. The minimum Gasteiger partial charge on any atom is -0.207 e. The quantitative estimate of drug-likeness (QED) is 0.266. The number of terminal acetylenes is 1. The van der Waals surface area contributed by atoms with Crippen LogP contribution in [0.4, 0.5) is 8.78 Å². The zero-order valence-electron chi connectivity index (χ0n) is 19.7. The van der Waals surface area contributed by atoms with Gasteiger partial charge in [-0.2, -0.15) is 0 Å². The lowest BCUT2D eigenvalue weighted by Crippen LogP contribution is -2.16. The molecule has 0 nitrogen and oxygen atoms in total. The Kier molecular flexibility index (Phi) is 15.1. The van der Waals surface area contributed by atoms with E-state index in [4.69, 9.17) is 6.42 Å². The van der Waals surface area contributed by atoms with Crippen LogP contribution in [0.3, 0.4) is 0 Å². The van der Waals surface area contributed by atoms with Crippen LogP contribution in [0.2, 0.25) is 39.3 Å². The maximum Gasteiger partial charge on any atom is 0.130 e. The van der Waals surface area contributed by atoms with Crippen LogP contribution in [0, 0.1) is 35.1 Å². The molecule has 0 fully saturated rings. The number of benzene rings is 2. The summed E-state index contributed by atoms with van der Waals surface area (Å²) in [5, 5.41) is 0. The first-order valence-electron chi connectivity index (χ1n) is 10.1. The third kappa shape index (κ3) is 15.0. The SMILES string of the molecule is C.C#C[Si](C)(C)C.C=Cc1cc(Br)ccc1F.CCc1cc(C#C[Si](C)(C)C)ccc1F. The molecule has 0 unspecified atom stereocenters. The zero-order chi connectivity index (χ0) is 24.2. The van der Waals surface area contributed by atoms with E-state index in [-0.39, 0.29) is 19.1 Å². The van der Waals surface area contributed by atoms with Crippen molar-refractivity contribution in [2.75, 3.05) is 0 Å². The van der Waals surface area contributed by atoms with Crippen LogP contribution < -0.4 is 0 Å². The van der Waals surface area contributed by atoms with E-state index in [1.165, 1.54) is 18.2 Å². The van der Waals surface area contributed by atoms with Gasteiger partial charge in [-0.15, -0.1) is 17.5 Å². The van der Waals surface area contributed by atoms with Crippen LogP contribution in [-0.2, 0) is 6.42 Å². The fourth-order valence-corrected chi connectivity index (χ4v) is 2.75. The van der Waals surface area contributed by atoms with Gasteiger partial charge in [0.1, 0.15) is 27.8 Å². The largest absolute Gasteiger partial charge is 0.207 e. The molecule has 0 aliphatic rings. The molecule has 32 heavy (non-hydrogen) atoms. The van der Waals surface area contributed by atoms with Crippen molar-refractivity contribution in [1.82, 2.24) is 0 Å². The molecule has 2 rings (SSSR count). The predicted octanol–water partition coefficient (Wildman–Crippen LogP) is 8.98. The maximum absolute atomic E-state index is 13.2. The summed E-state index contributed by atoms with van der Waals surface area (Å²) in [4.78, 5) is 0. The Morgan fingerprint density at radius 2 is 1.50 bits per heavy atom. The van der Waals surface area contributed by atoms with E-state index < -0.39 is 16.1 Å². The standard InChI is InChI=1S/C13H17FSi.C8H6BrF.C5H10Si.CH4/c1-5-12-10-11(6-7-13(12)14)8-9-15(2,3)4;1-2-6-5-7(9)3-4-8(6)10;1-5-6(2,3)4;/h6-7,10H,5H2,1-4H3;2-5H,1H2;1H,2-4H3;1H4. The fraction of sp³-hybridized carbons (Fsp3) is 0.333. The van der Waals surface area contributed by atoms with Crippen molar-refractivity contribution in [3.8, 4) is 23.4 Å². The van der Waals surface area contributed by atoms with Gasteiger partial charge < -0.3 is 0 Å². The van der Waals surface area contributed by atoms with Gasteiger partial charge in [-0.05, 0) is 48.4 Å². The molecule has 0 radical (unpaired) electrons. The molecule has 0 aliphatic carbocycles. The summed E-state index contributed by atoms with van der Waals surface area (Å²) in [6.07, 6.45) is 7.32. The van der Waals surface area contributed by atoms with Gasteiger partial charge in [-0.3, -0.25) is 0 Å². The second kappa shape index (κ2) is 15.0. The first kappa shape index (κ1) is 32.3. The molecule has 0 spiro atoms. The van der Waals surface area contributed by atoms with Gasteiger partial charge >= 0.3 is 0 Å². The lowest BCUT2D eigenvalue weighted by atomic mass is 10.1. The van der Waals surface area contributed by atoms with E-state index >= 15 is 0 Å². The van der Waals surface area contributed by atoms with Crippen molar-refractivity contribution >= 4 is 38.2 Å². The molecule has 5 heteroatoms. The van der Waals surface area contributed by atoms with E-state index in [1.54, 1.807) is 18.2 Å². The Morgan fingerprint density at radius 1 is 0.969 bits per heavy atom. The van der Waals surface area contributed by atoms with E-state index in [2.05, 4.69) is 78.8 Å². The number of halogens is 3. The minimum absolute atomic E-state index is 0. The van der Waals surface area contributed by atoms with Gasteiger partial charge in [0.25, 0.3) is 0 Å². The molecule has 0 amide bonds. The molecule has 0 N–H and O–H groups in total. The number of rotatable bonds is 2. The molecule has 0 saturated heterocycles. The number of hydrogen-bond donors (Lipinski definition) is 0. The Hall–Kier alpha value is -1.93. The van der Waals surface area contributed by atoms with E-state index in [1.807, 2.05) is 13.0 Å². The monoisotopic (exact) mass is 534 g/mol. The summed E-state index contributed by atoms with van der Waals surface area (Å²) in [6.45, 7) is 18.5. The van der Waals surface area contributed by atoms with E-state index in [0.717, 1.165) is 15.6 Å². The Morgan fingerprint density at radius 3 is 1.91 bits per heavy atom. The van der Waals surface area contributed by atoms with E-state index in [0.29, 0.717) is 12.0 Å². The molecule has 0 atom stereocenters. The molecule has 0 heterocycles. The molecule has 0 bridgehead atoms. The molecular formula is C27H37BrF2Si2. The Labute approximate surface area is 205 Å². The lowest BCUT2D eigenvalue weighted by Gasteiger charge is -2.04. The summed E-state index contributed by atoms with van der Waals surface area (Å²) < 4.78 is 26.7. The smallest absolute Gasteiger partial charge is 0.130 e. The van der Waals surface area contributed by atoms with Crippen molar-refractivity contribution in [1.29, 1.82) is 0 Å². The maximum atomic E-state index is 13.2. The van der Waals surface area contributed by atoms with Crippen molar-refractivity contribution in [3.63, 3.8) is 0 Å². The molecule has 174 valence electrons. The summed E-state index contributed by atoms with van der Waals surface area (Å²) in [5.74, 6) is 2.77. The molecule has 2 aromatic rings. The third-order valence-electron chi connectivity index (χ3n) is 3.62. The molecule has 2 aromatic carbocycles. The Balaban J connectivity index is 0. The molecular weight excluding hydrogens is 498 g/mol. The van der Waals surface area contributed by atoms with Gasteiger partial charge in [-0.1, -0.05) is 88.1 Å². The summed E-state index contributed by atoms with van der Waals surface area (Å²) in [7, 11) is -2.44. The lowest BCUT2D eigenvalue weighted by molar-refractivity contribution is 0.612. The highest BCUT2D eigenvalue weighted by Crippen LogP contribution is 2.15. The van der Waals surface area contributed by atoms with Gasteiger partial charge in [0.2, 0.25) is 0 Å². The zero-order valence-corrected chi connectivity index (χ0v) is 23.3. The normalized spacial score (nSPS) is 9.91. The number of aryl methyl sites for hydroxylation is 1. The van der Waals surface area contributed by atoms with Crippen LogP contribution in [0.25, 0.3) is 6.08 Å². The summed E-state index contributed by atoms with van der Waals surface area (Å²) in [6, 6.07) is 9.85. The molecule has 0 aliphatic heterocycles. The third-order valence-corrected chi connectivity index (χ3v) is 5.85. The van der Waals surface area contributed by atoms with Gasteiger partial charge in [0, 0.05) is 15.6 Å². The second-order valence-corrected chi connectivity index (χ2v) is 19.4. The molecule has 0 aromatic heterocycles. The highest BCUT2D eigenvalue weighted by atomic mass is 79.9. The highest BCUT2D eigenvalue weighted by molar-refractivity contribution is 9.10. The average molecular weight is 536 g/mol. The van der Waals surface area contributed by atoms with Crippen LogP contribution >= 0.6 is 15.9 Å². The first-order chi connectivity index (χ1) is 14.2. The second-order valence-electron chi connectivity index (χ2n) is 8.92. The predicted molar refractivity (Wildman–Crippen MR) is 149 cm³/mol. The van der Waals surface area contributed by atoms with Gasteiger partial charge in [0.15, 0.2) is 0 Å². The van der Waals surface area contributed by atoms with Gasteiger partial charge in [-0.25, -0.2) is 8.78 Å². The van der Waals surface area contributed by atoms with Crippen LogP contribution in [0.15, 0.2) is 47.4 Å². The molecule has 0 saturated carbocycles. The number of hydrogen-bond acceptors (Lipinski definition) is 0. The van der Waals surface area contributed by atoms with E-state index in [9.17, 15) is 8.78 Å². The minimum atomic E-state index is -1.34. The van der Waals surface area contributed by atoms with Crippen molar-refractivity contribution in [3.05, 3.63) is 75.8 Å². The van der Waals surface area contributed by atoms with Crippen molar-refractivity contribution in [2.45, 2.75) is 60.1 Å². The van der Waals surface area contributed by atoms with Crippen LogP contribution in [-0.4, -0.2) is 16.1 Å². The highest BCUT2D eigenvalue weighted by Gasteiger charge is 2.08. The first-order valence-corrected chi connectivity index (χ1v) is 17.9. The Bertz CT molecular complexity index is 966. The van der Waals surface area contributed by atoms with Crippen molar-refractivity contribution in [2.24, 2.45) is 0 Å². The van der Waals surface area contributed by atoms with Gasteiger partial charge in [0.05, 0.1) is 0 Å². The summed E-state index contributed by atoms with van der Waals surface area (Å²) >= 11 is 3.22. The van der Waals surface area contributed by atoms with Crippen LogP contribution in [0.1, 0.15) is 31.0 Å². The average Bonchev–Trinajstić information content (AvgIpc) is 2.69. The summed E-state index contributed by atoms with van der Waals surface area (Å²) in [5.41, 5.74) is 8.22. The van der Waals surface area contributed by atoms with Crippen LogP contribution in [0.5, 0.6) is 0 Å². The van der Waals surface area contributed by atoms with Crippen molar-refractivity contribution < 1.29 is 8.78 Å². The topological polar surface area (TPSA) is 0 Å².